The van der Waals surface area contributed by atoms with E-state index in [4.69, 9.17) is 4.74 Å². The number of ether oxygens (including phenoxy) is 2. The first-order valence-corrected chi connectivity index (χ1v) is 7.20. The minimum Gasteiger partial charge on any atom is -0.497 e. The van der Waals surface area contributed by atoms with Crippen molar-refractivity contribution in [3.8, 4) is 5.75 Å². The van der Waals surface area contributed by atoms with Crippen LogP contribution in [0.5, 0.6) is 5.75 Å². The van der Waals surface area contributed by atoms with Crippen molar-refractivity contribution in [2.75, 3.05) is 51.2 Å². The fourth-order valence-corrected chi connectivity index (χ4v) is 2.23. The van der Waals surface area contributed by atoms with Crippen LogP contribution >= 0.6 is 0 Å². The van der Waals surface area contributed by atoms with Gasteiger partial charge < -0.3 is 19.3 Å². The van der Waals surface area contributed by atoms with E-state index < -0.39 is 0 Å². The highest BCUT2D eigenvalue weighted by Gasteiger charge is 2.13. The second kappa shape index (κ2) is 8.39. The maximum absolute atomic E-state index is 11.2. The molecule has 1 aromatic carbocycles. The molecule has 0 aliphatic rings. The molecule has 0 bridgehead atoms. The van der Waals surface area contributed by atoms with Crippen molar-refractivity contribution in [3.05, 3.63) is 18.2 Å². The Labute approximate surface area is 127 Å². The average Bonchev–Trinajstić information content (AvgIpc) is 2.50. The number of methoxy groups -OCH3 is 2. The maximum atomic E-state index is 11.2. The van der Waals surface area contributed by atoms with Crippen molar-refractivity contribution in [3.63, 3.8) is 0 Å². The number of carbonyl (C=O) groups excluding carboxylic acids is 1. The third kappa shape index (κ3) is 4.85. The van der Waals surface area contributed by atoms with Crippen molar-refractivity contribution in [1.82, 2.24) is 0 Å². The molecule has 0 spiro atoms. The minimum atomic E-state index is -0.162. The zero-order valence-electron chi connectivity index (χ0n) is 13.7. The molecule has 0 radical (unpaired) electrons. The molecule has 118 valence electrons. The smallest absolute Gasteiger partial charge is 0.305 e. The van der Waals surface area contributed by atoms with Crippen LogP contribution in [0.2, 0.25) is 0 Å². The minimum absolute atomic E-state index is 0.162. The van der Waals surface area contributed by atoms with Gasteiger partial charge in [0, 0.05) is 39.7 Å². The van der Waals surface area contributed by atoms with Crippen LogP contribution in [0, 0.1) is 0 Å². The Hall–Kier alpha value is -1.91. The number of nitrogens with zero attached hydrogens (tertiary/aromatic N) is 2. The van der Waals surface area contributed by atoms with Crippen molar-refractivity contribution >= 4 is 17.3 Å². The van der Waals surface area contributed by atoms with E-state index in [1.165, 1.54) is 7.11 Å². The van der Waals surface area contributed by atoms with Crippen LogP contribution in [0.3, 0.4) is 0 Å². The van der Waals surface area contributed by atoms with Gasteiger partial charge in [0.2, 0.25) is 0 Å². The van der Waals surface area contributed by atoms with E-state index in [1.54, 1.807) is 7.11 Å². The van der Waals surface area contributed by atoms with Crippen LogP contribution in [-0.2, 0) is 9.53 Å². The lowest BCUT2D eigenvalue weighted by Gasteiger charge is -2.28. The van der Waals surface area contributed by atoms with Crippen molar-refractivity contribution in [2.45, 2.75) is 19.8 Å². The van der Waals surface area contributed by atoms with Gasteiger partial charge >= 0.3 is 5.97 Å². The van der Waals surface area contributed by atoms with E-state index in [0.717, 1.165) is 36.6 Å². The van der Waals surface area contributed by atoms with Gasteiger partial charge in [-0.3, -0.25) is 4.79 Å². The molecular weight excluding hydrogens is 268 g/mol. The number of benzene rings is 1. The highest BCUT2D eigenvalue weighted by molar-refractivity contribution is 5.73. The van der Waals surface area contributed by atoms with Crippen molar-refractivity contribution in [2.24, 2.45) is 0 Å². The molecule has 1 rings (SSSR count). The Bertz CT molecular complexity index is 461. The summed E-state index contributed by atoms with van der Waals surface area (Å²) in [6.45, 7) is 3.78. The van der Waals surface area contributed by atoms with Gasteiger partial charge in [-0.05, 0) is 25.5 Å². The SMILES string of the molecule is CCN(CCCC(=O)OC)c1cc(OC)ccc1N(C)C. The van der Waals surface area contributed by atoms with Gasteiger partial charge in [0.15, 0.2) is 0 Å². The number of carbonyl (C=O) groups is 1. The van der Waals surface area contributed by atoms with Gasteiger partial charge in [-0.1, -0.05) is 0 Å². The zero-order chi connectivity index (χ0) is 15.8. The molecular formula is C16H26N2O3. The van der Waals surface area contributed by atoms with Crippen LogP contribution in [0.1, 0.15) is 19.8 Å². The summed E-state index contributed by atoms with van der Waals surface area (Å²) in [4.78, 5) is 15.6. The summed E-state index contributed by atoms with van der Waals surface area (Å²) in [6.07, 6.45) is 1.21. The fraction of sp³-hybridized carbons (Fsp3) is 0.562. The van der Waals surface area contributed by atoms with Gasteiger partial charge in [0.25, 0.3) is 0 Å². The lowest BCUT2D eigenvalue weighted by atomic mass is 10.2. The molecule has 0 unspecified atom stereocenters. The quantitative estimate of drug-likeness (QED) is 0.689. The molecule has 0 amide bonds. The lowest BCUT2D eigenvalue weighted by molar-refractivity contribution is -0.140. The number of anilines is 2. The third-order valence-electron chi connectivity index (χ3n) is 3.42. The second-order valence-electron chi connectivity index (χ2n) is 5.01. The van der Waals surface area contributed by atoms with E-state index in [9.17, 15) is 4.79 Å². The molecule has 5 heteroatoms. The Morgan fingerprint density at radius 2 is 1.90 bits per heavy atom. The number of hydrogen-bond acceptors (Lipinski definition) is 5. The second-order valence-corrected chi connectivity index (χ2v) is 5.01. The highest BCUT2D eigenvalue weighted by Crippen LogP contribution is 2.32. The van der Waals surface area contributed by atoms with Crippen LogP contribution in [0.25, 0.3) is 0 Å². The molecule has 0 fully saturated rings. The summed E-state index contributed by atoms with van der Waals surface area (Å²) in [5, 5.41) is 0. The molecule has 0 saturated carbocycles. The van der Waals surface area contributed by atoms with Crippen LogP contribution in [0.4, 0.5) is 11.4 Å². The predicted molar refractivity (Wildman–Crippen MR) is 86.5 cm³/mol. The average molecular weight is 294 g/mol. The maximum Gasteiger partial charge on any atom is 0.305 e. The van der Waals surface area contributed by atoms with Crippen molar-refractivity contribution in [1.29, 1.82) is 0 Å². The standard InChI is InChI=1S/C16H26N2O3/c1-6-18(11-7-8-16(19)21-5)15-12-13(20-4)9-10-14(15)17(2)3/h9-10,12H,6-8,11H2,1-5H3. The summed E-state index contributed by atoms with van der Waals surface area (Å²) >= 11 is 0. The number of esters is 1. The largest absolute Gasteiger partial charge is 0.497 e. The summed E-state index contributed by atoms with van der Waals surface area (Å²) in [5.74, 6) is 0.673. The topological polar surface area (TPSA) is 42.0 Å². The summed E-state index contributed by atoms with van der Waals surface area (Å²) in [7, 11) is 7.13. The van der Waals surface area contributed by atoms with Gasteiger partial charge in [-0.25, -0.2) is 0 Å². The first-order valence-electron chi connectivity index (χ1n) is 7.20. The normalized spacial score (nSPS) is 10.1. The van der Waals surface area contributed by atoms with Crippen LogP contribution in [-0.4, -0.2) is 47.4 Å². The van der Waals surface area contributed by atoms with E-state index >= 15 is 0 Å². The molecule has 0 atom stereocenters. The Balaban J connectivity index is 2.89. The summed E-state index contributed by atoms with van der Waals surface area (Å²) in [6, 6.07) is 6.05. The van der Waals surface area contributed by atoms with E-state index in [1.807, 2.05) is 26.2 Å². The van der Waals surface area contributed by atoms with Crippen LogP contribution in [0.15, 0.2) is 18.2 Å². The first-order chi connectivity index (χ1) is 10.0. The van der Waals surface area contributed by atoms with Gasteiger partial charge in [0.1, 0.15) is 5.75 Å². The van der Waals surface area contributed by atoms with Crippen LogP contribution < -0.4 is 14.5 Å². The molecule has 0 aliphatic carbocycles. The summed E-state index contributed by atoms with van der Waals surface area (Å²) < 4.78 is 10.0. The zero-order valence-corrected chi connectivity index (χ0v) is 13.7. The highest BCUT2D eigenvalue weighted by atomic mass is 16.5. The Kier molecular flexibility index (Phi) is 6.85. The molecule has 0 heterocycles. The monoisotopic (exact) mass is 294 g/mol. The fourth-order valence-electron chi connectivity index (χ4n) is 2.23. The lowest BCUT2D eigenvalue weighted by Crippen LogP contribution is -2.26. The van der Waals surface area contributed by atoms with E-state index in [2.05, 4.69) is 27.5 Å². The molecule has 0 saturated heterocycles. The molecule has 0 aliphatic heterocycles. The van der Waals surface area contributed by atoms with E-state index in [-0.39, 0.29) is 5.97 Å². The summed E-state index contributed by atoms with van der Waals surface area (Å²) in [5.41, 5.74) is 2.25. The number of hydrogen-bond donors (Lipinski definition) is 0. The Morgan fingerprint density at radius 1 is 1.19 bits per heavy atom. The van der Waals surface area contributed by atoms with Gasteiger partial charge in [-0.15, -0.1) is 0 Å². The molecule has 0 N–H and O–H groups in total. The third-order valence-corrected chi connectivity index (χ3v) is 3.42. The predicted octanol–water partition coefficient (Wildman–Crippen LogP) is 2.54. The molecule has 0 aromatic heterocycles. The first kappa shape index (κ1) is 17.1. The van der Waals surface area contributed by atoms with E-state index in [0.29, 0.717) is 6.42 Å². The van der Waals surface area contributed by atoms with Gasteiger partial charge in [-0.2, -0.15) is 0 Å². The Morgan fingerprint density at radius 3 is 2.43 bits per heavy atom. The van der Waals surface area contributed by atoms with Gasteiger partial charge in [0.05, 0.1) is 25.6 Å². The van der Waals surface area contributed by atoms with Crippen molar-refractivity contribution < 1.29 is 14.3 Å². The number of rotatable bonds is 8. The molecule has 5 nitrogen and oxygen atoms in total. The molecule has 1 aromatic rings. The molecule has 21 heavy (non-hydrogen) atoms.